The lowest BCUT2D eigenvalue weighted by Crippen LogP contribution is -2.42. The molecule has 84 valence electrons. The number of amides is 1. The van der Waals surface area contributed by atoms with Gasteiger partial charge in [-0.25, -0.2) is 0 Å². The lowest BCUT2D eigenvalue weighted by atomic mass is 10.0. The maximum atomic E-state index is 11.8. The van der Waals surface area contributed by atoms with E-state index in [1.807, 2.05) is 6.92 Å². The Kier molecular flexibility index (Phi) is 3.24. The zero-order chi connectivity index (χ0) is 12.3. The molecule has 3 heteroatoms. The van der Waals surface area contributed by atoms with Crippen LogP contribution in [0.5, 0.6) is 5.75 Å². The molecule has 1 rings (SSSR count). The fourth-order valence-electron chi connectivity index (χ4n) is 1.22. The number of terminal acetylenes is 1. The fourth-order valence-corrected chi connectivity index (χ4v) is 1.22. The Bertz CT molecular complexity index is 455. The number of hydrogen-bond donors (Lipinski definition) is 2. The molecule has 1 aromatic carbocycles. The van der Waals surface area contributed by atoms with Gasteiger partial charge in [-0.05, 0) is 32.9 Å². The topological polar surface area (TPSA) is 49.3 Å². The highest BCUT2D eigenvalue weighted by Crippen LogP contribution is 2.18. The van der Waals surface area contributed by atoms with Crippen LogP contribution in [0.1, 0.15) is 29.8 Å². The van der Waals surface area contributed by atoms with E-state index in [1.54, 1.807) is 26.0 Å². The number of hydrogen-bond acceptors (Lipinski definition) is 2. The van der Waals surface area contributed by atoms with Crippen LogP contribution in [0.15, 0.2) is 18.2 Å². The maximum Gasteiger partial charge on any atom is 0.256 e. The van der Waals surface area contributed by atoms with Crippen molar-refractivity contribution in [3.63, 3.8) is 0 Å². The molecule has 0 bridgehead atoms. The zero-order valence-corrected chi connectivity index (χ0v) is 9.66. The number of aromatic hydroxyl groups is 1. The number of carbonyl (C=O) groups excluding carboxylic acids is 1. The third-order valence-electron chi connectivity index (χ3n) is 2.18. The van der Waals surface area contributed by atoms with E-state index in [4.69, 9.17) is 6.42 Å². The largest absolute Gasteiger partial charge is 0.507 e. The number of phenolic OH excluding ortho intramolecular Hbond substituents is 1. The van der Waals surface area contributed by atoms with Crippen molar-refractivity contribution >= 4 is 5.91 Å². The third kappa shape index (κ3) is 2.77. The second-order valence-corrected chi connectivity index (χ2v) is 4.24. The summed E-state index contributed by atoms with van der Waals surface area (Å²) < 4.78 is 0. The van der Waals surface area contributed by atoms with E-state index in [9.17, 15) is 9.90 Å². The van der Waals surface area contributed by atoms with Gasteiger partial charge in [-0.1, -0.05) is 17.6 Å². The van der Waals surface area contributed by atoms with Crippen LogP contribution in [0.4, 0.5) is 0 Å². The molecule has 0 aliphatic heterocycles. The number of rotatable bonds is 2. The van der Waals surface area contributed by atoms with Crippen molar-refractivity contribution in [2.24, 2.45) is 0 Å². The number of phenols is 1. The standard InChI is InChI=1S/C13H15NO2/c1-5-13(3,4)14-12(16)10-8-9(2)6-7-11(10)15/h1,6-8,15H,2-4H3,(H,14,16). The number of nitrogens with one attached hydrogen (secondary N) is 1. The number of benzene rings is 1. The minimum Gasteiger partial charge on any atom is -0.507 e. The summed E-state index contributed by atoms with van der Waals surface area (Å²) in [6.45, 7) is 5.29. The van der Waals surface area contributed by atoms with Gasteiger partial charge >= 0.3 is 0 Å². The molecular weight excluding hydrogens is 202 g/mol. The Balaban J connectivity index is 2.98. The summed E-state index contributed by atoms with van der Waals surface area (Å²) >= 11 is 0. The maximum absolute atomic E-state index is 11.8. The molecule has 0 aliphatic rings. The molecule has 0 spiro atoms. The Morgan fingerprint density at radius 1 is 1.50 bits per heavy atom. The summed E-state index contributed by atoms with van der Waals surface area (Å²) in [5.74, 6) is 2.05. The van der Waals surface area contributed by atoms with E-state index in [0.717, 1.165) is 5.56 Å². The summed E-state index contributed by atoms with van der Waals surface area (Å²) in [6, 6.07) is 4.85. The van der Waals surface area contributed by atoms with Crippen molar-refractivity contribution in [1.82, 2.24) is 5.32 Å². The summed E-state index contributed by atoms with van der Waals surface area (Å²) in [6.07, 6.45) is 5.27. The molecule has 0 heterocycles. The minimum atomic E-state index is -0.729. The Hall–Kier alpha value is -1.95. The van der Waals surface area contributed by atoms with Crippen molar-refractivity contribution < 1.29 is 9.90 Å². The SMILES string of the molecule is C#CC(C)(C)NC(=O)c1cc(C)ccc1O. The van der Waals surface area contributed by atoms with E-state index in [2.05, 4.69) is 11.2 Å². The molecule has 1 amide bonds. The van der Waals surface area contributed by atoms with Gasteiger partial charge in [0.2, 0.25) is 0 Å². The average molecular weight is 217 g/mol. The first kappa shape index (κ1) is 12.1. The zero-order valence-electron chi connectivity index (χ0n) is 9.66. The lowest BCUT2D eigenvalue weighted by molar-refractivity contribution is 0.0927. The van der Waals surface area contributed by atoms with E-state index in [1.165, 1.54) is 6.07 Å². The van der Waals surface area contributed by atoms with Crippen LogP contribution < -0.4 is 5.32 Å². The molecule has 0 aliphatic carbocycles. The lowest BCUT2D eigenvalue weighted by Gasteiger charge is -2.19. The van der Waals surface area contributed by atoms with E-state index >= 15 is 0 Å². The van der Waals surface area contributed by atoms with Crippen LogP contribution in [0.2, 0.25) is 0 Å². The molecule has 0 saturated heterocycles. The van der Waals surface area contributed by atoms with Gasteiger partial charge in [0.15, 0.2) is 0 Å². The van der Waals surface area contributed by atoms with Crippen LogP contribution in [0, 0.1) is 19.3 Å². The highest BCUT2D eigenvalue weighted by Gasteiger charge is 2.20. The van der Waals surface area contributed by atoms with Crippen LogP contribution in [0.25, 0.3) is 0 Å². The molecule has 16 heavy (non-hydrogen) atoms. The Labute approximate surface area is 95.5 Å². The quantitative estimate of drug-likeness (QED) is 0.743. The monoisotopic (exact) mass is 217 g/mol. The smallest absolute Gasteiger partial charge is 0.256 e. The molecule has 0 atom stereocenters. The molecule has 3 nitrogen and oxygen atoms in total. The number of aryl methyl sites for hydroxylation is 1. The van der Waals surface area contributed by atoms with Crippen molar-refractivity contribution in [2.75, 3.05) is 0 Å². The summed E-state index contributed by atoms with van der Waals surface area (Å²) in [5.41, 5.74) is 0.414. The van der Waals surface area contributed by atoms with Crippen molar-refractivity contribution in [3.8, 4) is 18.1 Å². The second-order valence-electron chi connectivity index (χ2n) is 4.24. The second kappa shape index (κ2) is 4.28. The van der Waals surface area contributed by atoms with Gasteiger partial charge in [0, 0.05) is 0 Å². The molecular formula is C13H15NO2. The van der Waals surface area contributed by atoms with Crippen molar-refractivity contribution in [1.29, 1.82) is 0 Å². The molecule has 0 fully saturated rings. The fraction of sp³-hybridized carbons (Fsp3) is 0.308. The van der Waals surface area contributed by atoms with Crippen LogP contribution in [-0.2, 0) is 0 Å². The summed E-state index contributed by atoms with van der Waals surface area (Å²) in [7, 11) is 0. The first-order chi connectivity index (χ1) is 7.35. The van der Waals surface area contributed by atoms with Crippen LogP contribution in [0.3, 0.4) is 0 Å². The van der Waals surface area contributed by atoms with Gasteiger partial charge in [0.25, 0.3) is 5.91 Å². The van der Waals surface area contributed by atoms with Gasteiger partial charge < -0.3 is 10.4 Å². The van der Waals surface area contributed by atoms with Gasteiger partial charge in [-0.3, -0.25) is 4.79 Å². The average Bonchev–Trinajstić information content (AvgIpc) is 2.21. The molecule has 0 unspecified atom stereocenters. The molecule has 0 saturated carbocycles. The normalized spacial score (nSPS) is 10.6. The van der Waals surface area contributed by atoms with E-state index < -0.39 is 5.54 Å². The predicted molar refractivity (Wildman–Crippen MR) is 63.2 cm³/mol. The molecule has 1 aromatic rings. The first-order valence-electron chi connectivity index (χ1n) is 4.95. The summed E-state index contributed by atoms with van der Waals surface area (Å²) in [5, 5.41) is 12.2. The van der Waals surface area contributed by atoms with Gasteiger partial charge in [0.1, 0.15) is 5.75 Å². The highest BCUT2D eigenvalue weighted by molar-refractivity contribution is 5.97. The third-order valence-corrected chi connectivity index (χ3v) is 2.18. The Morgan fingerprint density at radius 2 is 2.12 bits per heavy atom. The predicted octanol–water partition coefficient (Wildman–Crippen LogP) is 1.84. The van der Waals surface area contributed by atoms with Gasteiger partial charge in [-0.15, -0.1) is 6.42 Å². The molecule has 0 aromatic heterocycles. The minimum absolute atomic E-state index is 0.0454. The highest BCUT2D eigenvalue weighted by atomic mass is 16.3. The molecule has 2 N–H and O–H groups in total. The van der Waals surface area contributed by atoms with Crippen molar-refractivity contribution in [3.05, 3.63) is 29.3 Å². The van der Waals surface area contributed by atoms with Crippen molar-refractivity contribution in [2.45, 2.75) is 26.3 Å². The van der Waals surface area contributed by atoms with E-state index in [-0.39, 0.29) is 17.2 Å². The van der Waals surface area contributed by atoms with Crippen LogP contribution in [-0.4, -0.2) is 16.6 Å². The molecule has 0 radical (unpaired) electrons. The number of carbonyl (C=O) groups is 1. The Morgan fingerprint density at radius 3 is 2.69 bits per heavy atom. The van der Waals surface area contributed by atoms with Crippen LogP contribution >= 0.6 is 0 Å². The van der Waals surface area contributed by atoms with Gasteiger partial charge in [0.05, 0.1) is 11.1 Å². The van der Waals surface area contributed by atoms with Gasteiger partial charge in [-0.2, -0.15) is 0 Å². The first-order valence-corrected chi connectivity index (χ1v) is 4.95. The van der Waals surface area contributed by atoms with E-state index in [0.29, 0.717) is 0 Å². The summed E-state index contributed by atoms with van der Waals surface area (Å²) in [4.78, 5) is 11.8.